The van der Waals surface area contributed by atoms with E-state index in [0.29, 0.717) is 11.7 Å². The summed E-state index contributed by atoms with van der Waals surface area (Å²) in [4.78, 5) is 17.2. The molecule has 1 heterocycles. The third-order valence-electron chi connectivity index (χ3n) is 4.81. The summed E-state index contributed by atoms with van der Waals surface area (Å²) >= 11 is 1.49. The normalized spacial score (nSPS) is 16.2. The van der Waals surface area contributed by atoms with Crippen LogP contribution >= 0.6 is 11.8 Å². The van der Waals surface area contributed by atoms with Gasteiger partial charge < -0.3 is 9.88 Å². The van der Waals surface area contributed by atoms with Crippen molar-refractivity contribution < 1.29 is 9.18 Å². The molecule has 1 aromatic heterocycles. The van der Waals surface area contributed by atoms with Crippen LogP contribution in [0, 0.1) is 19.7 Å². The molecule has 0 saturated heterocycles. The van der Waals surface area contributed by atoms with E-state index in [-0.39, 0.29) is 17.0 Å². The zero-order chi connectivity index (χ0) is 18.0. The first kappa shape index (κ1) is 18.0. The number of nitrogens with zero attached hydrogens (tertiary/aromatic N) is 2. The van der Waals surface area contributed by atoms with Gasteiger partial charge in [-0.1, -0.05) is 24.6 Å². The van der Waals surface area contributed by atoms with Crippen molar-refractivity contribution in [3.05, 3.63) is 41.5 Å². The summed E-state index contributed by atoms with van der Waals surface area (Å²) in [6.07, 6.45) is 4.87. The predicted octanol–water partition coefficient (Wildman–Crippen LogP) is 4.87. The molecule has 25 heavy (non-hydrogen) atoms. The van der Waals surface area contributed by atoms with Crippen molar-refractivity contribution >= 4 is 23.4 Å². The smallest absolute Gasteiger partial charge is 0.237 e. The fourth-order valence-corrected chi connectivity index (χ4v) is 4.33. The molecule has 2 aromatic rings. The molecule has 3 rings (SSSR count). The minimum atomic E-state index is -0.315. The molecular formula is C19H24FN3OS. The lowest BCUT2D eigenvalue weighted by Crippen LogP contribution is -2.23. The lowest BCUT2D eigenvalue weighted by Gasteiger charge is -2.18. The van der Waals surface area contributed by atoms with Gasteiger partial charge in [0.15, 0.2) is 5.16 Å². The Hall–Kier alpha value is -1.82. The second-order valence-electron chi connectivity index (χ2n) is 6.63. The number of aryl methyl sites for hydroxylation is 1. The number of benzene rings is 1. The van der Waals surface area contributed by atoms with Crippen LogP contribution in [-0.2, 0) is 4.79 Å². The van der Waals surface area contributed by atoms with E-state index in [0.717, 1.165) is 10.9 Å². The molecule has 1 aliphatic rings. The summed E-state index contributed by atoms with van der Waals surface area (Å²) in [5, 5.41) is 3.47. The van der Waals surface area contributed by atoms with E-state index in [1.165, 1.54) is 55.3 Å². The molecule has 0 aliphatic heterocycles. The van der Waals surface area contributed by atoms with Gasteiger partial charge >= 0.3 is 0 Å². The Kier molecular flexibility index (Phi) is 5.47. The number of thioether (sulfide) groups is 1. The Labute approximate surface area is 152 Å². The molecule has 0 unspecified atom stereocenters. The molecule has 1 saturated carbocycles. The van der Waals surface area contributed by atoms with Crippen molar-refractivity contribution in [1.29, 1.82) is 0 Å². The molecular weight excluding hydrogens is 337 g/mol. The first-order valence-electron chi connectivity index (χ1n) is 8.74. The zero-order valence-corrected chi connectivity index (χ0v) is 15.7. The highest BCUT2D eigenvalue weighted by Crippen LogP contribution is 2.36. The lowest BCUT2D eigenvalue weighted by molar-refractivity contribution is -0.115. The zero-order valence-electron chi connectivity index (χ0n) is 14.9. The molecule has 1 aliphatic carbocycles. The Morgan fingerprint density at radius 1 is 1.28 bits per heavy atom. The number of hydrogen-bond donors (Lipinski definition) is 1. The second-order valence-corrected chi connectivity index (χ2v) is 7.94. The summed E-state index contributed by atoms with van der Waals surface area (Å²) in [5.74, 6) is -0.419. The minimum absolute atomic E-state index is 0.104. The van der Waals surface area contributed by atoms with Crippen LogP contribution in [0.5, 0.6) is 0 Å². The molecule has 1 aromatic carbocycles. The highest BCUT2D eigenvalue weighted by Gasteiger charge is 2.25. The third-order valence-corrected chi connectivity index (χ3v) is 5.87. The summed E-state index contributed by atoms with van der Waals surface area (Å²) in [5.41, 5.74) is 2.83. The van der Waals surface area contributed by atoms with Gasteiger partial charge in [0, 0.05) is 17.4 Å². The van der Waals surface area contributed by atoms with Crippen molar-refractivity contribution in [3.63, 3.8) is 0 Å². The summed E-state index contributed by atoms with van der Waals surface area (Å²) in [6, 6.07) is 6.31. The van der Waals surface area contributed by atoms with Gasteiger partial charge in [0.2, 0.25) is 5.91 Å². The largest absolute Gasteiger partial charge is 0.325 e. The lowest BCUT2D eigenvalue weighted by atomic mass is 10.2. The second kappa shape index (κ2) is 7.60. The average Bonchev–Trinajstić information content (AvgIpc) is 3.18. The Morgan fingerprint density at radius 2 is 1.92 bits per heavy atom. The van der Waals surface area contributed by atoms with Gasteiger partial charge in [-0.3, -0.25) is 4.79 Å². The van der Waals surface area contributed by atoms with Crippen LogP contribution in [0.4, 0.5) is 10.1 Å². The minimum Gasteiger partial charge on any atom is -0.325 e. The van der Waals surface area contributed by atoms with Gasteiger partial charge in [-0.05, 0) is 57.9 Å². The van der Waals surface area contributed by atoms with Gasteiger partial charge in [0.25, 0.3) is 0 Å². The van der Waals surface area contributed by atoms with Crippen molar-refractivity contribution in [1.82, 2.24) is 9.55 Å². The van der Waals surface area contributed by atoms with Gasteiger partial charge in [0.1, 0.15) is 5.82 Å². The summed E-state index contributed by atoms with van der Waals surface area (Å²) in [6.45, 7) is 6.00. The number of hydrogen-bond acceptors (Lipinski definition) is 3. The number of rotatable bonds is 5. The molecule has 6 heteroatoms. The molecule has 1 N–H and O–H groups in total. The van der Waals surface area contributed by atoms with E-state index in [9.17, 15) is 9.18 Å². The van der Waals surface area contributed by atoms with Crippen molar-refractivity contribution in [3.8, 4) is 0 Å². The fraction of sp³-hybridized carbons (Fsp3) is 0.474. The number of halogens is 1. The molecule has 1 fully saturated rings. The van der Waals surface area contributed by atoms with Crippen LogP contribution in [0.1, 0.15) is 50.0 Å². The Morgan fingerprint density at radius 3 is 2.56 bits per heavy atom. The maximum absolute atomic E-state index is 13.0. The molecule has 1 amide bonds. The molecule has 134 valence electrons. The number of imidazole rings is 1. The molecule has 0 bridgehead atoms. The van der Waals surface area contributed by atoms with Crippen LogP contribution in [-0.4, -0.2) is 20.7 Å². The van der Waals surface area contributed by atoms with Gasteiger partial charge in [-0.15, -0.1) is 0 Å². The molecule has 0 radical (unpaired) electrons. The highest BCUT2D eigenvalue weighted by molar-refractivity contribution is 8.00. The monoisotopic (exact) mass is 361 g/mol. The van der Waals surface area contributed by atoms with E-state index >= 15 is 0 Å². The standard InChI is InChI=1S/C19H24FN3OS/c1-12-13(2)23(17-6-4-5-7-17)19(21-12)25-14(3)18(24)22-16-10-8-15(20)9-11-16/h8-11,14,17H,4-7H2,1-3H3,(H,22,24)/t14-/m1/s1. The van der Waals surface area contributed by atoms with Crippen LogP contribution in [0.3, 0.4) is 0 Å². The quantitative estimate of drug-likeness (QED) is 0.773. The van der Waals surface area contributed by atoms with Gasteiger partial charge in [0.05, 0.1) is 10.9 Å². The Bertz CT molecular complexity index is 751. The number of amides is 1. The van der Waals surface area contributed by atoms with Crippen molar-refractivity contribution in [2.75, 3.05) is 5.32 Å². The molecule has 1 atom stereocenters. The predicted molar refractivity (Wildman–Crippen MR) is 99.6 cm³/mol. The van der Waals surface area contributed by atoms with E-state index < -0.39 is 0 Å². The number of nitrogens with one attached hydrogen (secondary N) is 1. The molecule has 4 nitrogen and oxygen atoms in total. The maximum Gasteiger partial charge on any atom is 0.237 e. The van der Waals surface area contributed by atoms with E-state index in [4.69, 9.17) is 4.98 Å². The summed E-state index contributed by atoms with van der Waals surface area (Å²) < 4.78 is 15.3. The van der Waals surface area contributed by atoms with Crippen LogP contribution in [0.15, 0.2) is 29.4 Å². The number of carbonyl (C=O) groups is 1. The van der Waals surface area contributed by atoms with Crippen molar-refractivity contribution in [2.24, 2.45) is 0 Å². The van der Waals surface area contributed by atoms with E-state index in [1.54, 1.807) is 12.1 Å². The third kappa shape index (κ3) is 4.06. The topological polar surface area (TPSA) is 46.9 Å². The van der Waals surface area contributed by atoms with Crippen LogP contribution in [0.2, 0.25) is 0 Å². The number of anilines is 1. The van der Waals surface area contributed by atoms with Crippen molar-refractivity contribution in [2.45, 2.75) is 62.9 Å². The van der Waals surface area contributed by atoms with Crippen LogP contribution in [0.25, 0.3) is 0 Å². The maximum atomic E-state index is 13.0. The van der Waals surface area contributed by atoms with E-state index in [2.05, 4.69) is 16.8 Å². The van der Waals surface area contributed by atoms with Gasteiger partial charge in [-0.2, -0.15) is 0 Å². The summed E-state index contributed by atoms with van der Waals surface area (Å²) in [7, 11) is 0. The number of aromatic nitrogens is 2. The molecule has 0 spiro atoms. The SMILES string of the molecule is Cc1nc(S[C@H](C)C(=O)Nc2ccc(F)cc2)n(C2CCCC2)c1C. The fourth-order valence-electron chi connectivity index (χ4n) is 3.26. The van der Waals surface area contributed by atoms with Crippen LogP contribution < -0.4 is 5.32 Å². The average molecular weight is 361 g/mol. The number of carbonyl (C=O) groups excluding carboxylic acids is 1. The first-order valence-corrected chi connectivity index (χ1v) is 9.62. The van der Waals surface area contributed by atoms with E-state index in [1.807, 2.05) is 13.8 Å². The van der Waals surface area contributed by atoms with Gasteiger partial charge in [-0.25, -0.2) is 9.37 Å². The first-order chi connectivity index (χ1) is 12.0. The Balaban J connectivity index is 1.71. The highest BCUT2D eigenvalue weighted by atomic mass is 32.2.